The van der Waals surface area contributed by atoms with E-state index in [0.717, 1.165) is 49.0 Å². The first-order valence-electron chi connectivity index (χ1n) is 11.1. The summed E-state index contributed by atoms with van der Waals surface area (Å²) in [5.41, 5.74) is 4.57. The van der Waals surface area contributed by atoms with Crippen LogP contribution in [-0.2, 0) is 0 Å². The first kappa shape index (κ1) is 19.0. The highest BCUT2D eigenvalue weighted by Crippen LogP contribution is 2.35. The Kier molecular flexibility index (Phi) is 4.94. The Morgan fingerprint density at radius 3 is 1.90 bits per heavy atom. The Hall–Kier alpha value is -2.74. The van der Waals surface area contributed by atoms with Gasteiger partial charge in [-0.15, -0.1) is 11.3 Å². The zero-order valence-electron chi connectivity index (χ0n) is 17.3. The summed E-state index contributed by atoms with van der Waals surface area (Å²) in [6.45, 7) is 2.16. The molecule has 4 aromatic rings. The number of nitrogens with zero attached hydrogens (tertiary/aromatic N) is 2. The number of thiophene rings is 1. The normalized spacial score (nSPS) is 21.2. The molecule has 5 heterocycles. The van der Waals surface area contributed by atoms with Gasteiger partial charge in [0.1, 0.15) is 11.6 Å². The van der Waals surface area contributed by atoms with Crippen LogP contribution in [-0.4, -0.2) is 33.0 Å². The van der Waals surface area contributed by atoms with E-state index in [1.807, 2.05) is 12.4 Å². The summed E-state index contributed by atoms with van der Waals surface area (Å²) in [6, 6.07) is 13.9. The quantitative estimate of drug-likeness (QED) is 0.357. The number of H-pyrrole nitrogens is 2. The van der Waals surface area contributed by atoms with Gasteiger partial charge in [0, 0.05) is 4.88 Å². The minimum absolute atomic E-state index is 0.366. The molecule has 31 heavy (non-hydrogen) atoms. The van der Waals surface area contributed by atoms with E-state index in [9.17, 15) is 0 Å². The molecule has 2 fully saturated rings. The molecular formula is C24H26N6S. The van der Waals surface area contributed by atoms with E-state index in [0.29, 0.717) is 12.1 Å². The first-order valence-corrected chi connectivity index (χ1v) is 11.9. The number of aromatic amines is 2. The largest absolute Gasteiger partial charge is 0.341 e. The molecule has 6 rings (SSSR count). The molecule has 0 unspecified atom stereocenters. The van der Waals surface area contributed by atoms with Crippen LogP contribution in [0.25, 0.3) is 32.3 Å². The van der Waals surface area contributed by atoms with Gasteiger partial charge in [-0.3, -0.25) is 0 Å². The summed E-state index contributed by atoms with van der Waals surface area (Å²) in [4.78, 5) is 18.7. The van der Waals surface area contributed by atoms with E-state index in [1.165, 1.54) is 33.7 Å². The third-order valence-corrected chi connectivity index (χ3v) is 7.49. The van der Waals surface area contributed by atoms with Crippen LogP contribution in [0.2, 0.25) is 0 Å². The van der Waals surface area contributed by atoms with Crippen LogP contribution in [0.1, 0.15) is 49.4 Å². The van der Waals surface area contributed by atoms with Crippen molar-refractivity contribution in [1.29, 1.82) is 0 Å². The minimum Gasteiger partial charge on any atom is -0.341 e. The standard InChI is InChI=1S/C24H26N6S/c1-3-17(25-11-1)23-27-13-19(29-23)15-5-7-16(8-6-15)21-9-10-22(31-21)20-14-28-24(30-20)18-4-2-12-26-18/h5-10,13-14,17-18,25-26H,1-4,11-12H2,(H,27,29)(H,28,30)/t17-,18-/m1/s1. The van der Waals surface area contributed by atoms with Crippen LogP contribution >= 0.6 is 11.3 Å². The number of nitrogens with one attached hydrogen (secondary N) is 4. The first-order chi connectivity index (χ1) is 15.3. The molecule has 158 valence electrons. The minimum atomic E-state index is 0.366. The molecule has 0 amide bonds. The third-order valence-electron chi connectivity index (χ3n) is 6.32. The molecular weight excluding hydrogens is 404 g/mol. The predicted octanol–water partition coefficient (Wildman–Crippen LogP) is 5.04. The van der Waals surface area contributed by atoms with Crippen LogP contribution in [0.15, 0.2) is 48.8 Å². The number of imidazole rings is 2. The van der Waals surface area contributed by atoms with Crippen LogP contribution in [0.4, 0.5) is 0 Å². The second-order valence-electron chi connectivity index (χ2n) is 8.40. The summed E-state index contributed by atoms with van der Waals surface area (Å²) < 4.78 is 0. The average Bonchev–Trinajstić information content (AvgIpc) is 3.64. The third kappa shape index (κ3) is 3.73. The molecule has 2 aliphatic rings. The van der Waals surface area contributed by atoms with Crippen LogP contribution in [0.5, 0.6) is 0 Å². The van der Waals surface area contributed by atoms with Crippen LogP contribution in [0.3, 0.4) is 0 Å². The van der Waals surface area contributed by atoms with Gasteiger partial charge in [-0.1, -0.05) is 24.3 Å². The molecule has 2 saturated heterocycles. The van der Waals surface area contributed by atoms with Crippen molar-refractivity contribution in [2.75, 3.05) is 13.1 Å². The lowest BCUT2D eigenvalue weighted by Gasteiger charge is -2.05. The summed E-state index contributed by atoms with van der Waals surface area (Å²) in [6.07, 6.45) is 8.66. The van der Waals surface area contributed by atoms with E-state index >= 15 is 0 Å². The highest BCUT2D eigenvalue weighted by molar-refractivity contribution is 7.18. The summed E-state index contributed by atoms with van der Waals surface area (Å²) >= 11 is 1.80. The van der Waals surface area contributed by atoms with Gasteiger partial charge in [-0.2, -0.15) is 0 Å². The number of rotatable bonds is 5. The zero-order valence-corrected chi connectivity index (χ0v) is 18.1. The Balaban J connectivity index is 1.19. The van der Waals surface area contributed by atoms with Crippen LogP contribution < -0.4 is 10.6 Å². The van der Waals surface area contributed by atoms with Crippen molar-refractivity contribution < 1.29 is 0 Å². The number of hydrogen-bond donors (Lipinski definition) is 4. The fraction of sp³-hybridized carbons (Fsp3) is 0.333. The number of aromatic nitrogens is 4. The number of hydrogen-bond acceptors (Lipinski definition) is 5. The van der Waals surface area contributed by atoms with Crippen molar-refractivity contribution in [3.8, 4) is 32.3 Å². The molecule has 7 heteroatoms. The molecule has 0 spiro atoms. The van der Waals surface area contributed by atoms with Crippen molar-refractivity contribution in [2.24, 2.45) is 0 Å². The molecule has 0 bridgehead atoms. The fourth-order valence-electron chi connectivity index (χ4n) is 4.59. The molecule has 4 N–H and O–H groups in total. The maximum atomic E-state index is 4.61. The van der Waals surface area contributed by atoms with E-state index in [4.69, 9.17) is 0 Å². The van der Waals surface area contributed by atoms with Gasteiger partial charge in [0.2, 0.25) is 0 Å². The molecule has 0 saturated carbocycles. The van der Waals surface area contributed by atoms with Crippen molar-refractivity contribution in [1.82, 2.24) is 30.6 Å². The Morgan fingerprint density at radius 2 is 1.26 bits per heavy atom. The topological polar surface area (TPSA) is 81.4 Å². The molecule has 3 aromatic heterocycles. The number of benzene rings is 1. The van der Waals surface area contributed by atoms with Crippen LogP contribution in [0, 0.1) is 0 Å². The van der Waals surface area contributed by atoms with Gasteiger partial charge in [0.15, 0.2) is 0 Å². The van der Waals surface area contributed by atoms with Gasteiger partial charge in [-0.25, -0.2) is 9.97 Å². The van der Waals surface area contributed by atoms with Crippen molar-refractivity contribution >= 4 is 11.3 Å². The zero-order chi connectivity index (χ0) is 20.6. The fourth-order valence-corrected chi connectivity index (χ4v) is 5.56. The maximum Gasteiger partial charge on any atom is 0.123 e. The van der Waals surface area contributed by atoms with Crippen molar-refractivity contribution in [3.05, 3.63) is 60.4 Å². The summed E-state index contributed by atoms with van der Waals surface area (Å²) in [7, 11) is 0. The van der Waals surface area contributed by atoms with E-state index in [1.54, 1.807) is 11.3 Å². The van der Waals surface area contributed by atoms with Gasteiger partial charge in [0.25, 0.3) is 0 Å². The van der Waals surface area contributed by atoms with E-state index in [-0.39, 0.29) is 0 Å². The molecule has 0 radical (unpaired) electrons. The Bertz CT molecular complexity index is 1160. The molecule has 2 atom stereocenters. The van der Waals surface area contributed by atoms with E-state index < -0.39 is 0 Å². The molecule has 0 aliphatic carbocycles. The van der Waals surface area contributed by atoms with Crippen molar-refractivity contribution in [3.63, 3.8) is 0 Å². The average molecular weight is 431 g/mol. The van der Waals surface area contributed by atoms with Crippen molar-refractivity contribution in [2.45, 2.75) is 37.8 Å². The lowest BCUT2D eigenvalue weighted by atomic mass is 10.1. The molecule has 6 nitrogen and oxygen atoms in total. The predicted molar refractivity (Wildman–Crippen MR) is 125 cm³/mol. The SMILES string of the molecule is c1cc(-c2ccc(-c3cnc([C@H]4CCCN4)[nH]3)s2)ccc1-c1cnc([C@H]2CCCN2)[nH]1. The van der Waals surface area contributed by atoms with Gasteiger partial charge >= 0.3 is 0 Å². The van der Waals surface area contributed by atoms with Gasteiger partial charge < -0.3 is 20.6 Å². The Morgan fingerprint density at radius 1 is 0.677 bits per heavy atom. The monoisotopic (exact) mass is 430 g/mol. The second-order valence-corrected chi connectivity index (χ2v) is 9.49. The summed E-state index contributed by atoms with van der Waals surface area (Å²) in [5.74, 6) is 2.10. The highest BCUT2D eigenvalue weighted by atomic mass is 32.1. The lowest BCUT2D eigenvalue weighted by molar-refractivity contribution is 0.613. The smallest absolute Gasteiger partial charge is 0.123 e. The lowest BCUT2D eigenvalue weighted by Crippen LogP contribution is -2.14. The second kappa shape index (κ2) is 8.07. The Labute approximate surface area is 185 Å². The maximum absolute atomic E-state index is 4.61. The molecule has 2 aliphatic heterocycles. The molecule has 1 aromatic carbocycles. The van der Waals surface area contributed by atoms with E-state index in [2.05, 4.69) is 67.0 Å². The van der Waals surface area contributed by atoms with Gasteiger partial charge in [0.05, 0.1) is 40.7 Å². The highest BCUT2D eigenvalue weighted by Gasteiger charge is 2.20. The van der Waals surface area contributed by atoms with Gasteiger partial charge in [-0.05, 0) is 62.0 Å². The summed E-state index contributed by atoms with van der Waals surface area (Å²) in [5, 5.41) is 7.00.